The molecule has 6 nitrogen and oxygen atoms in total. The molecule has 1 aliphatic heterocycles. The lowest BCUT2D eigenvalue weighted by molar-refractivity contribution is 0.0680. The van der Waals surface area contributed by atoms with Gasteiger partial charge in [-0.05, 0) is 75.0 Å². The number of amides is 1. The number of piperidine rings is 1. The first-order chi connectivity index (χ1) is 16.2. The van der Waals surface area contributed by atoms with Gasteiger partial charge in [-0.25, -0.2) is 0 Å². The number of carbonyl (C=O) groups excluding carboxylic acids is 1. The number of nitrogens with zero attached hydrogens (tertiary/aromatic N) is 2. The van der Waals surface area contributed by atoms with Crippen LogP contribution in [0.25, 0.3) is 0 Å². The summed E-state index contributed by atoms with van der Waals surface area (Å²) in [6, 6.07) is 8.16. The Bertz CT molecular complexity index is 895. The Morgan fingerprint density at radius 2 is 1.88 bits per heavy atom. The summed E-state index contributed by atoms with van der Waals surface area (Å²) in [6.07, 6.45) is 12.3. The Hall–Kier alpha value is -2.50. The average Bonchev–Trinajstić information content (AvgIpc) is 3.52. The molecule has 0 spiro atoms. The fourth-order valence-corrected chi connectivity index (χ4v) is 5.04. The van der Waals surface area contributed by atoms with Crippen LogP contribution in [0.5, 0.6) is 11.5 Å². The number of rotatable bonds is 10. The quantitative estimate of drug-likeness (QED) is 0.423. The molecule has 0 N–H and O–H groups in total. The number of benzene rings is 1. The molecule has 1 amide bonds. The molecule has 1 saturated heterocycles. The molecule has 2 aliphatic rings. The predicted octanol–water partition coefficient (Wildman–Crippen LogP) is 5.83. The summed E-state index contributed by atoms with van der Waals surface area (Å²) in [5, 5.41) is 4.03. The molecule has 2 fully saturated rings. The molecule has 0 radical (unpaired) electrons. The van der Waals surface area contributed by atoms with Crippen LogP contribution in [-0.2, 0) is 12.8 Å². The zero-order valence-electron chi connectivity index (χ0n) is 20.2. The minimum Gasteiger partial charge on any atom is -0.493 e. The number of carbonyl (C=O) groups is 1. The second kappa shape index (κ2) is 11.6. The van der Waals surface area contributed by atoms with Crippen molar-refractivity contribution in [1.82, 2.24) is 10.1 Å². The summed E-state index contributed by atoms with van der Waals surface area (Å²) < 4.78 is 17.2. The van der Waals surface area contributed by atoms with E-state index in [4.69, 9.17) is 14.0 Å². The number of hydrogen-bond donors (Lipinski definition) is 0. The van der Waals surface area contributed by atoms with Gasteiger partial charge in [-0.1, -0.05) is 31.0 Å². The van der Waals surface area contributed by atoms with Gasteiger partial charge in [0.15, 0.2) is 17.2 Å². The summed E-state index contributed by atoms with van der Waals surface area (Å²) in [7, 11) is 1.70. The molecule has 180 valence electrons. The van der Waals surface area contributed by atoms with E-state index in [9.17, 15) is 4.79 Å². The highest BCUT2D eigenvalue weighted by molar-refractivity contribution is 5.92. The fourth-order valence-electron chi connectivity index (χ4n) is 5.04. The second-order valence-corrected chi connectivity index (χ2v) is 9.58. The van der Waals surface area contributed by atoms with Crippen LogP contribution >= 0.6 is 0 Å². The Morgan fingerprint density at radius 1 is 1.09 bits per heavy atom. The van der Waals surface area contributed by atoms with Gasteiger partial charge in [-0.2, -0.15) is 0 Å². The maximum absolute atomic E-state index is 12.9. The monoisotopic (exact) mass is 454 g/mol. The number of unbranched alkanes of at least 4 members (excludes halogenated alkanes) is 2. The van der Waals surface area contributed by atoms with E-state index >= 15 is 0 Å². The van der Waals surface area contributed by atoms with Gasteiger partial charge in [0.25, 0.3) is 5.91 Å². The molecule has 1 saturated carbocycles. The van der Waals surface area contributed by atoms with Crippen LogP contribution in [0.2, 0.25) is 0 Å². The van der Waals surface area contributed by atoms with Gasteiger partial charge < -0.3 is 18.9 Å². The Morgan fingerprint density at radius 3 is 2.61 bits per heavy atom. The van der Waals surface area contributed by atoms with Crippen LogP contribution in [0.15, 0.2) is 28.8 Å². The van der Waals surface area contributed by atoms with Crippen molar-refractivity contribution in [3.05, 3.63) is 41.3 Å². The Kier molecular flexibility index (Phi) is 8.30. The van der Waals surface area contributed by atoms with Crippen molar-refractivity contribution < 1.29 is 18.8 Å². The summed E-state index contributed by atoms with van der Waals surface area (Å²) >= 11 is 0. The minimum absolute atomic E-state index is 0.00404. The molecule has 1 aliphatic carbocycles. The number of methoxy groups -OCH3 is 1. The molecule has 1 aromatic carbocycles. The lowest BCUT2D eigenvalue weighted by atomic mass is 9.90. The van der Waals surface area contributed by atoms with Crippen LogP contribution < -0.4 is 9.47 Å². The SMILES string of the molecule is CCCCCc1cc(C(=O)N2CCC(Cc3ccc(OC)c(OC4CCCC4)c3)CC2)no1. The van der Waals surface area contributed by atoms with E-state index < -0.39 is 0 Å². The molecule has 6 heteroatoms. The number of ether oxygens (including phenoxy) is 2. The third kappa shape index (κ3) is 6.30. The zero-order chi connectivity index (χ0) is 23.0. The normalized spacial score (nSPS) is 17.5. The van der Waals surface area contributed by atoms with Gasteiger partial charge in [0.2, 0.25) is 0 Å². The molecule has 4 rings (SSSR count). The second-order valence-electron chi connectivity index (χ2n) is 9.58. The highest BCUT2D eigenvalue weighted by Crippen LogP contribution is 2.34. The first-order valence-electron chi connectivity index (χ1n) is 12.7. The molecule has 0 bridgehead atoms. The molecule has 2 aromatic rings. The average molecular weight is 455 g/mol. The first kappa shape index (κ1) is 23.7. The molecule has 1 aromatic heterocycles. The maximum atomic E-state index is 12.9. The first-order valence-corrected chi connectivity index (χ1v) is 12.7. The lowest BCUT2D eigenvalue weighted by Gasteiger charge is -2.31. The van der Waals surface area contributed by atoms with Crippen LogP contribution in [0.1, 0.15) is 86.5 Å². The summed E-state index contributed by atoms with van der Waals surface area (Å²) in [5.41, 5.74) is 1.73. The van der Waals surface area contributed by atoms with Crippen molar-refractivity contribution in [2.45, 2.75) is 83.7 Å². The van der Waals surface area contributed by atoms with E-state index in [1.807, 2.05) is 17.0 Å². The zero-order valence-corrected chi connectivity index (χ0v) is 20.2. The van der Waals surface area contributed by atoms with E-state index in [-0.39, 0.29) is 5.91 Å². The Labute approximate surface area is 197 Å². The molecular weight excluding hydrogens is 416 g/mol. The van der Waals surface area contributed by atoms with Gasteiger partial charge in [0, 0.05) is 25.6 Å². The van der Waals surface area contributed by atoms with Crippen molar-refractivity contribution in [3.63, 3.8) is 0 Å². The summed E-state index contributed by atoms with van der Waals surface area (Å²) in [6.45, 7) is 3.71. The molecular formula is C27H38N2O4. The van der Waals surface area contributed by atoms with Gasteiger partial charge >= 0.3 is 0 Å². The molecule has 2 heterocycles. The van der Waals surface area contributed by atoms with Gasteiger partial charge in [-0.3, -0.25) is 4.79 Å². The number of likely N-dealkylation sites (tertiary alicyclic amines) is 1. The van der Waals surface area contributed by atoms with Crippen LogP contribution in [0, 0.1) is 5.92 Å². The van der Waals surface area contributed by atoms with E-state index in [1.54, 1.807) is 7.11 Å². The molecule has 0 atom stereocenters. The van der Waals surface area contributed by atoms with E-state index in [1.165, 1.54) is 31.2 Å². The Balaban J connectivity index is 1.29. The van der Waals surface area contributed by atoms with E-state index in [0.717, 1.165) is 75.3 Å². The molecule has 0 unspecified atom stereocenters. The highest BCUT2D eigenvalue weighted by Gasteiger charge is 2.26. The highest BCUT2D eigenvalue weighted by atomic mass is 16.5. The molecule has 33 heavy (non-hydrogen) atoms. The maximum Gasteiger partial charge on any atom is 0.276 e. The smallest absolute Gasteiger partial charge is 0.276 e. The summed E-state index contributed by atoms with van der Waals surface area (Å²) in [4.78, 5) is 14.8. The third-order valence-electron chi connectivity index (χ3n) is 7.05. The van der Waals surface area contributed by atoms with Crippen LogP contribution in [-0.4, -0.2) is 42.3 Å². The van der Waals surface area contributed by atoms with Crippen LogP contribution in [0.4, 0.5) is 0 Å². The topological polar surface area (TPSA) is 64.8 Å². The fraction of sp³-hybridized carbons (Fsp3) is 0.630. The van der Waals surface area contributed by atoms with Gasteiger partial charge in [0.1, 0.15) is 5.76 Å². The van der Waals surface area contributed by atoms with Crippen molar-refractivity contribution in [2.24, 2.45) is 5.92 Å². The largest absolute Gasteiger partial charge is 0.493 e. The third-order valence-corrected chi connectivity index (χ3v) is 7.05. The van der Waals surface area contributed by atoms with Crippen molar-refractivity contribution in [3.8, 4) is 11.5 Å². The minimum atomic E-state index is -0.00404. The van der Waals surface area contributed by atoms with Crippen molar-refractivity contribution in [1.29, 1.82) is 0 Å². The van der Waals surface area contributed by atoms with Crippen LogP contribution in [0.3, 0.4) is 0 Å². The predicted molar refractivity (Wildman–Crippen MR) is 128 cm³/mol. The number of aromatic nitrogens is 1. The van der Waals surface area contributed by atoms with Crippen molar-refractivity contribution in [2.75, 3.05) is 20.2 Å². The van der Waals surface area contributed by atoms with E-state index in [2.05, 4.69) is 24.2 Å². The van der Waals surface area contributed by atoms with Gasteiger partial charge in [0.05, 0.1) is 13.2 Å². The standard InChI is InChI=1S/C27H38N2O4/c1-3-4-5-10-23-19-24(28-33-23)27(30)29-15-13-20(14-16-29)17-21-11-12-25(31-2)26(18-21)32-22-8-6-7-9-22/h11-12,18-20,22H,3-10,13-17H2,1-2H3. The summed E-state index contributed by atoms with van der Waals surface area (Å²) in [5.74, 6) is 3.05. The number of hydrogen-bond acceptors (Lipinski definition) is 5. The van der Waals surface area contributed by atoms with E-state index in [0.29, 0.717) is 17.7 Å². The lowest BCUT2D eigenvalue weighted by Crippen LogP contribution is -2.39. The van der Waals surface area contributed by atoms with Crippen molar-refractivity contribution >= 4 is 5.91 Å². The van der Waals surface area contributed by atoms with Gasteiger partial charge in [-0.15, -0.1) is 0 Å². The number of aryl methyl sites for hydroxylation is 1.